The van der Waals surface area contributed by atoms with Crippen LogP contribution in [0.15, 0.2) is 162 Å². The molecule has 4 heterocycles. The fourth-order valence-electron chi connectivity index (χ4n) is 7.57. The zero-order chi connectivity index (χ0) is 33.0. The van der Waals surface area contributed by atoms with Gasteiger partial charge in [0.2, 0.25) is 0 Å². The van der Waals surface area contributed by atoms with Gasteiger partial charge in [-0.15, -0.1) is 0 Å². The van der Waals surface area contributed by atoms with E-state index in [9.17, 15) is 0 Å². The molecule has 10 rings (SSSR count). The minimum absolute atomic E-state index is 0.0896. The van der Waals surface area contributed by atoms with Crippen molar-refractivity contribution in [2.75, 3.05) is 4.90 Å². The van der Waals surface area contributed by atoms with E-state index in [1.165, 1.54) is 22.5 Å². The van der Waals surface area contributed by atoms with Crippen molar-refractivity contribution in [2.24, 2.45) is 0 Å². The molecular weight excluding hydrogens is 615 g/mol. The minimum atomic E-state index is 0.0896. The molecule has 2 unspecified atom stereocenters. The highest BCUT2D eigenvalue weighted by molar-refractivity contribution is 5.98. The number of furan rings is 1. The SMILES string of the molecule is C1=CC2C(c3ccccc3N2c2ccccc2)c2c1oc1cc(-c3nc(-c4ccccc4)nc(-c4ccccc4)n3)c(-c3cccnc3)cc21. The molecule has 50 heavy (non-hydrogen) atoms. The van der Waals surface area contributed by atoms with Gasteiger partial charge in [0.1, 0.15) is 11.3 Å². The summed E-state index contributed by atoms with van der Waals surface area (Å²) in [6.07, 6.45) is 8.13. The molecule has 5 aromatic carbocycles. The lowest BCUT2D eigenvalue weighted by atomic mass is 9.82. The van der Waals surface area contributed by atoms with Crippen LogP contribution in [0.4, 0.5) is 11.4 Å². The first-order valence-corrected chi connectivity index (χ1v) is 16.8. The number of pyridine rings is 1. The van der Waals surface area contributed by atoms with Gasteiger partial charge < -0.3 is 9.32 Å². The summed E-state index contributed by atoms with van der Waals surface area (Å²) >= 11 is 0. The molecule has 0 fully saturated rings. The average molecular weight is 644 g/mol. The standard InChI is InChI=1S/C44H29N5O/c1-4-13-28(14-5-1)42-46-43(29-15-6-2-7-16-29)48-44(47-42)34-26-39-35(25-33(34)30-17-12-24-45-27-30)41-38(50-39)23-22-37-40(41)32-20-10-11-21-36(32)49(37)31-18-8-3-9-19-31/h1-27,37,40H. The minimum Gasteiger partial charge on any atom is -0.456 e. The van der Waals surface area contributed by atoms with Crippen LogP contribution in [0.2, 0.25) is 0 Å². The van der Waals surface area contributed by atoms with Gasteiger partial charge in [-0.25, -0.2) is 15.0 Å². The molecule has 1 aliphatic heterocycles. The Bertz CT molecular complexity index is 2490. The quantitative estimate of drug-likeness (QED) is 0.186. The predicted octanol–water partition coefficient (Wildman–Crippen LogP) is 10.4. The Morgan fingerprint density at radius 2 is 1.22 bits per heavy atom. The average Bonchev–Trinajstić information content (AvgIpc) is 3.73. The van der Waals surface area contributed by atoms with E-state index < -0.39 is 0 Å². The van der Waals surface area contributed by atoms with E-state index in [1.807, 2.05) is 72.9 Å². The number of nitrogens with zero attached hydrogens (tertiary/aromatic N) is 5. The highest BCUT2D eigenvalue weighted by Crippen LogP contribution is 2.54. The molecule has 2 atom stereocenters. The normalized spacial score (nSPS) is 15.9. The van der Waals surface area contributed by atoms with Gasteiger partial charge in [-0.2, -0.15) is 0 Å². The van der Waals surface area contributed by atoms with Crippen molar-refractivity contribution in [3.63, 3.8) is 0 Å². The molecule has 0 N–H and O–H groups in total. The summed E-state index contributed by atoms with van der Waals surface area (Å²) in [7, 11) is 0. The number of aromatic nitrogens is 4. The zero-order valence-corrected chi connectivity index (χ0v) is 26.9. The lowest BCUT2D eigenvalue weighted by Gasteiger charge is -2.30. The highest BCUT2D eigenvalue weighted by atomic mass is 16.3. The van der Waals surface area contributed by atoms with Crippen LogP contribution in [0, 0.1) is 0 Å². The van der Waals surface area contributed by atoms with Gasteiger partial charge in [0.15, 0.2) is 17.5 Å². The van der Waals surface area contributed by atoms with Crippen LogP contribution in [0.5, 0.6) is 0 Å². The summed E-state index contributed by atoms with van der Waals surface area (Å²) in [6.45, 7) is 0. The van der Waals surface area contributed by atoms with Gasteiger partial charge >= 0.3 is 0 Å². The lowest BCUT2D eigenvalue weighted by Crippen LogP contribution is -2.30. The molecule has 0 bridgehead atoms. The smallest absolute Gasteiger partial charge is 0.164 e. The Morgan fingerprint density at radius 3 is 1.92 bits per heavy atom. The van der Waals surface area contributed by atoms with Crippen LogP contribution in [0.25, 0.3) is 62.3 Å². The van der Waals surface area contributed by atoms with E-state index in [2.05, 4.69) is 94.8 Å². The molecule has 3 aromatic heterocycles. The summed E-state index contributed by atoms with van der Waals surface area (Å²) in [5, 5.41) is 1.08. The molecule has 6 nitrogen and oxygen atoms in total. The van der Waals surface area contributed by atoms with Crippen molar-refractivity contribution in [3.05, 3.63) is 175 Å². The van der Waals surface area contributed by atoms with Crippen LogP contribution in [0.3, 0.4) is 0 Å². The number of hydrogen-bond acceptors (Lipinski definition) is 6. The Hall–Kier alpha value is -6.66. The third kappa shape index (κ3) is 4.57. The van der Waals surface area contributed by atoms with E-state index in [0.29, 0.717) is 17.5 Å². The van der Waals surface area contributed by atoms with Crippen molar-refractivity contribution in [1.29, 1.82) is 0 Å². The maximum atomic E-state index is 6.75. The number of hydrogen-bond donors (Lipinski definition) is 0. The van der Waals surface area contributed by atoms with Crippen LogP contribution < -0.4 is 4.90 Å². The maximum absolute atomic E-state index is 6.75. The van der Waals surface area contributed by atoms with Gasteiger partial charge in [0, 0.05) is 62.9 Å². The van der Waals surface area contributed by atoms with Crippen molar-refractivity contribution in [3.8, 4) is 45.3 Å². The Balaban J connectivity index is 1.21. The number of benzene rings is 5. The largest absolute Gasteiger partial charge is 0.456 e. The molecule has 0 spiro atoms. The van der Waals surface area contributed by atoms with Crippen LogP contribution in [0.1, 0.15) is 22.8 Å². The van der Waals surface area contributed by atoms with E-state index >= 15 is 0 Å². The summed E-state index contributed by atoms with van der Waals surface area (Å²) in [6, 6.07) is 48.0. The second-order valence-electron chi connectivity index (χ2n) is 12.6. The molecule has 2 aliphatic rings. The first-order chi connectivity index (χ1) is 24.8. The molecule has 6 heteroatoms. The molecular formula is C44H29N5O. The predicted molar refractivity (Wildman–Crippen MR) is 199 cm³/mol. The first-order valence-electron chi connectivity index (χ1n) is 16.8. The molecule has 1 aliphatic carbocycles. The summed E-state index contributed by atoms with van der Waals surface area (Å²) < 4.78 is 6.75. The van der Waals surface area contributed by atoms with E-state index in [-0.39, 0.29) is 12.0 Å². The van der Waals surface area contributed by atoms with Crippen molar-refractivity contribution >= 4 is 28.4 Å². The fourth-order valence-corrected chi connectivity index (χ4v) is 7.57. The first kappa shape index (κ1) is 28.4. The molecule has 0 amide bonds. The third-order valence-corrected chi connectivity index (χ3v) is 9.77. The number of anilines is 2. The van der Waals surface area contributed by atoms with E-state index in [1.54, 1.807) is 6.20 Å². The monoisotopic (exact) mass is 643 g/mol. The van der Waals surface area contributed by atoms with Crippen LogP contribution >= 0.6 is 0 Å². The van der Waals surface area contributed by atoms with Gasteiger partial charge in [-0.1, -0.05) is 109 Å². The Morgan fingerprint density at radius 1 is 0.580 bits per heavy atom. The van der Waals surface area contributed by atoms with Crippen molar-refractivity contribution in [1.82, 2.24) is 19.9 Å². The number of rotatable bonds is 5. The molecule has 0 saturated carbocycles. The Kier molecular flexibility index (Phi) is 6.52. The summed E-state index contributed by atoms with van der Waals surface area (Å²) in [5.41, 5.74) is 10.3. The van der Waals surface area contributed by atoms with Gasteiger partial charge in [-0.3, -0.25) is 4.98 Å². The second kappa shape index (κ2) is 11.5. The Labute approximate surface area is 289 Å². The number of para-hydroxylation sites is 2. The third-order valence-electron chi connectivity index (χ3n) is 9.77. The van der Waals surface area contributed by atoms with Gasteiger partial charge in [0.05, 0.1) is 6.04 Å². The lowest BCUT2D eigenvalue weighted by molar-refractivity contribution is 0.584. The maximum Gasteiger partial charge on any atom is 0.164 e. The van der Waals surface area contributed by atoms with E-state index in [0.717, 1.165) is 44.5 Å². The topological polar surface area (TPSA) is 67.9 Å². The van der Waals surface area contributed by atoms with E-state index in [4.69, 9.17) is 19.4 Å². The second-order valence-corrected chi connectivity index (χ2v) is 12.6. The van der Waals surface area contributed by atoms with Crippen LogP contribution in [-0.2, 0) is 0 Å². The summed E-state index contributed by atoms with van der Waals surface area (Å²) in [5.74, 6) is 2.76. The highest BCUT2D eigenvalue weighted by Gasteiger charge is 2.43. The molecule has 236 valence electrons. The van der Waals surface area contributed by atoms with Crippen molar-refractivity contribution in [2.45, 2.75) is 12.0 Å². The molecule has 8 aromatic rings. The van der Waals surface area contributed by atoms with Crippen LogP contribution in [-0.4, -0.2) is 26.0 Å². The molecule has 0 saturated heterocycles. The van der Waals surface area contributed by atoms with Gasteiger partial charge in [-0.05, 0) is 53.6 Å². The van der Waals surface area contributed by atoms with Crippen molar-refractivity contribution < 1.29 is 4.42 Å². The zero-order valence-electron chi connectivity index (χ0n) is 26.9. The number of fused-ring (bicyclic) bond motifs is 7. The fraction of sp³-hybridized carbons (Fsp3) is 0.0455. The van der Waals surface area contributed by atoms with Gasteiger partial charge in [0.25, 0.3) is 0 Å². The summed E-state index contributed by atoms with van der Waals surface area (Å²) in [4.78, 5) is 22.1. The molecule has 0 radical (unpaired) electrons.